The molecule has 0 aromatic heterocycles. The predicted molar refractivity (Wildman–Crippen MR) is 103 cm³/mol. The third kappa shape index (κ3) is 6.90. The average molecular weight is 351 g/mol. The first kappa shape index (κ1) is 19.4. The maximum absolute atomic E-state index is 12.1. The van der Waals surface area contributed by atoms with Gasteiger partial charge in [0.25, 0.3) is 0 Å². The van der Waals surface area contributed by atoms with Gasteiger partial charge in [0.2, 0.25) is 5.91 Å². The standard InChI is InChI=1S/C22H25NO3/c1-4-14-25-20-10-8-18(9-11-20)12-13-23-22(24)16-19-6-5-7-21(15-19)26-17(2)3/h1,5-11,15,17H,12-14,16H2,2-3H3,(H,23,24). The number of carbonyl (C=O) groups excluding carboxylic acids is 1. The first-order chi connectivity index (χ1) is 12.6. The van der Waals surface area contributed by atoms with E-state index < -0.39 is 0 Å². The second-order valence-electron chi connectivity index (χ2n) is 6.23. The van der Waals surface area contributed by atoms with Crippen molar-refractivity contribution in [1.29, 1.82) is 0 Å². The van der Waals surface area contributed by atoms with Crippen LogP contribution in [0.3, 0.4) is 0 Å². The van der Waals surface area contributed by atoms with Gasteiger partial charge in [-0.25, -0.2) is 0 Å². The van der Waals surface area contributed by atoms with Crippen LogP contribution in [0, 0.1) is 12.3 Å². The summed E-state index contributed by atoms with van der Waals surface area (Å²) in [7, 11) is 0. The highest BCUT2D eigenvalue weighted by Gasteiger charge is 2.05. The summed E-state index contributed by atoms with van der Waals surface area (Å²) in [4.78, 5) is 12.1. The molecule has 0 heterocycles. The van der Waals surface area contributed by atoms with Gasteiger partial charge in [-0.05, 0) is 55.7 Å². The molecule has 2 aromatic rings. The topological polar surface area (TPSA) is 47.6 Å². The van der Waals surface area contributed by atoms with Crippen LogP contribution >= 0.6 is 0 Å². The molecule has 0 atom stereocenters. The Morgan fingerprint density at radius 2 is 1.88 bits per heavy atom. The molecule has 0 fully saturated rings. The lowest BCUT2D eigenvalue weighted by molar-refractivity contribution is -0.120. The van der Waals surface area contributed by atoms with Crippen molar-refractivity contribution in [2.24, 2.45) is 0 Å². The van der Waals surface area contributed by atoms with Crippen molar-refractivity contribution < 1.29 is 14.3 Å². The molecule has 0 spiro atoms. The fraction of sp³-hybridized carbons (Fsp3) is 0.318. The van der Waals surface area contributed by atoms with E-state index in [1.165, 1.54) is 0 Å². The highest BCUT2D eigenvalue weighted by Crippen LogP contribution is 2.15. The van der Waals surface area contributed by atoms with Crippen LogP contribution < -0.4 is 14.8 Å². The fourth-order valence-corrected chi connectivity index (χ4v) is 2.47. The molecular weight excluding hydrogens is 326 g/mol. The summed E-state index contributed by atoms with van der Waals surface area (Å²) in [5.41, 5.74) is 2.07. The molecule has 4 nitrogen and oxygen atoms in total. The smallest absolute Gasteiger partial charge is 0.224 e. The lowest BCUT2D eigenvalue weighted by atomic mass is 10.1. The number of benzene rings is 2. The van der Waals surface area contributed by atoms with Gasteiger partial charge in [0.15, 0.2) is 0 Å². The quantitative estimate of drug-likeness (QED) is 0.705. The van der Waals surface area contributed by atoms with E-state index in [4.69, 9.17) is 15.9 Å². The normalized spacial score (nSPS) is 10.2. The molecule has 0 saturated carbocycles. The van der Waals surface area contributed by atoms with Crippen molar-refractivity contribution in [1.82, 2.24) is 5.32 Å². The summed E-state index contributed by atoms with van der Waals surface area (Å²) in [6, 6.07) is 15.4. The highest BCUT2D eigenvalue weighted by atomic mass is 16.5. The number of hydrogen-bond donors (Lipinski definition) is 1. The predicted octanol–water partition coefficient (Wildman–Crippen LogP) is 3.39. The molecule has 0 saturated heterocycles. The molecule has 0 aliphatic rings. The molecule has 0 radical (unpaired) electrons. The Balaban J connectivity index is 1.76. The van der Waals surface area contributed by atoms with E-state index in [1.54, 1.807) is 0 Å². The molecule has 0 unspecified atom stereocenters. The van der Waals surface area contributed by atoms with Crippen molar-refractivity contribution in [2.45, 2.75) is 32.8 Å². The van der Waals surface area contributed by atoms with Crippen molar-refractivity contribution in [2.75, 3.05) is 13.2 Å². The van der Waals surface area contributed by atoms with Gasteiger partial charge in [0.05, 0.1) is 12.5 Å². The van der Waals surface area contributed by atoms with Gasteiger partial charge < -0.3 is 14.8 Å². The lowest BCUT2D eigenvalue weighted by Crippen LogP contribution is -2.27. The van der Waals surface area contributed by atoms with Crippen LogP contribution in [0.1, 0.15) is 25.0 Å². The summed E-state index contributed by atoms with van der Waals surface area (Å²) in [5, 5.41) is 2.95. The number of terminal acetylenes is 1. The Kier molecular flexibility index (Phi) is 7.57. The zero-order valence-electron chi connectivity index (χ0n) is 15.3. The zero-order valence-corrected chi connectivity index (χ0v) is 15.3. The molecule has 0 bridgehead atoms. The molecule has 2 rings (SSSR count). The van der Waals surface area contributed by atoms with Crippen LogP contribution in [0.4, 0.5) is 0 Å². The summed E-state index contributed by atoms with van der Waals surface area (Å²) in [6.45, 7) is 4.81. The summed E-state index contributed by atoms with van der Waals surface area (Å²) in [5.74, 6) is 3.97. The van der Waals surface area contributed by atoms with Crippen molar-refractivity contribution in [3.63, 3.8) is 0 Å². The zero-order chi connectivity index (χ0) is 18.8. The van der Waals surface area contributed by atoms with Crippen LogP contribution in [0.15, 0.2) is 48.5 Å². The van der Waals surface area contributed by atoms with E-state index in [9.17, 15) is 4.79 Å². The van der Waals surface area contributed by atoms with Gasteiger partial charge in [0.1, 0.15) is 18.1 Å². The number of rotatable bonds is 9. The summed E-state index contributed by atoms with van der Waals surface area (Å²) in [6.07, 6.45) is 6.38. The third-order valence-electron chi connectivity index (χ3n) is 3.62. The van der Waals surface area contributed by atoms with Gasteiger partial charge in [0, 0.05) is 6.54 Å². The summed E-state index contributed by atoms with van der Waals surface area (Å²) >= 11 is 0. The second kappa shape index (κ2) is 10.1. The van der Waals surface area contributed by atoms with Crippen LogP contribution in [-0.2, 0) is 17.6 Å². The van der Waals surface area contributed by atoms with E-state index in [-0.39, 0.29) is 18.6 Å². The van der Waals surface area contributed by atoms with Crippen LogP contribution in [0.2, 0.25) is 0 Å². The summed E-state index contributed by atoms with van der Waals surface area (Å²) < 4.78 is 11.0. The van der Waals surface area contributed by atoms with Gasteiger partial charge >= 0.3 is 0 Å². The minimum Gasteiger partial charge on any atom is -0.491 e. The molecule has 1 N–H and O–H groups in total. The molecular formula is C22H25NO3. The number of nitrogens with one attached hydrogen (secondary N) is 1. The number of amides is 1. The molecule has 0 aliphatic heterocycles. The van der Waals surface area contributed by atoms with Gasteiger partial charge in [-0.2, -0.15) is 0 Å². The molecule has 4 heteroatoms. The fourth-order valence-electron chi connectivity index (χ4n) is 2.47. The Bertz CT molecular complexity index is 745. The molecule has 136 valence electrons. The molecule has 26 heavy (non-hydrogen) atoms. The monoisotopic (exact) mass is 351 g/mol. The maximum atomic E-state index is 12.1. The first-order valence-corrected chi connectivity index (χ1v) is 8.74. The SMILES string of the molecule is C#CCOc1ccc(CCNC(=O)Cc2cccc(OC(C)C)c2)cc1. The lowest BCUT2D eigenvalue weighted by Gasteiger charge is -2.11. The van der Waals surface area contributed by atoms with Crippen LogP contribution in [0.5, 0.6) is 11.5 Å². The minimum atomic E-state index is 0.000621. The molecule has 2 aromatic carbocycles. The number of ether oxygens (including phenoxy) is 2. The van der Waals surface area contributed by atoms with Gasteiger partial charge in [-0.3, -0.25) is 4.79 Å². The van der Waals surface area contributed by atoms with E-state index >= 15 is 0 Å². The second-order valence-corrected chi connectivity index (χ2v) is 6.23. The largest absolute Gasteiger partial charge is 0.491 e. The number of carbonyl (C=O) groups is 1. The van der Waals surface area contributed by atoms with Crippen molar-refractivity contribution >= 4 is 5.91 Å². The van der Waals surface area contributed by atoms with E-state index in [1.807, 2.05) is 62.4 Å². The van der Waals surface area contributed by atoms with Crippen LogP contribution in [0.25, 0.3) is 0 Å². The average Bonchev–Trinajstić information content (AvgIpc) is 2.61. The van der Waals surface area contributed by atoms with Gasteiger partial charge in [-0.1, -0.05) is 30.2 Å². The Morgan fingerprint density at radius 1 is 1.12 bits per heavy atom. The Morgan fingerprint density at radius 3 is 2.58 bits per heavy atom. The molecule has 1 amide bonds. The highest BCUT2D eigenvalue weighted by molar-refractivity contribution is 5.78. The van der Waals surface area contributed by atoms with Gasteiger partial charge in [-0.15, -0.1) is 6.42 Å². The van der Waals surface area contributed by atoms with Crippen LogP contribution in [-0.4, -0.2) is 25.2 Å². The third-order valence-corrected chi connectivity index (χ3v) is 3.62. The molecule has 0 aliphatic carbocycles. The van der Waals surface area contributed by atoms with Crippen molar-refractivity contribution in [3.8, 4) is 23.8 Å². The van der Waals surface area contributed by atoms with E-state index in [0.29, 0.717) is 13.0 Å². The Labute approximate surface area is 155 Å². The number of hydrogen-bond acceptors (Lipinski definition) is 3. The van der Waals surface area contributed by atoms with Crippen molar-refractivity contribution in [3.05, 3.63) is 59.7 Å². The minimum absolute atomic E-state index is 0.000621. The Hall–Kier alpha value is -2.93. The van der Waals surface area contributed by atoms with E-state index in [0.717, 1.165) is 29.0 Å². The first-order valence-electron chi connectivity index (χ1n) is 8.74. The maximum Gasteiger partial charge on any atom is 0.224 e. The van der Waals surface area contributed by atoms with E-state index in [2.05, 4.69) is 11.2 Å².